The molecule has 2 unspecified atom stereocenters. The number of hydrogen-bond donors (Lipinski definition) is 2. The molecule has 1 amide bonds. The van der Waals surface area contributed by atoms with E-state index in [0.29, 0.717) is 0 Å². The van der Waals surface area contributed by atoms with Gasteiger partial charge in [0.2, 0.25) is 5.91 Å². The SMILES string of the molecule is CCN(CC)CCCC(C)NC(=O)C(S)C(C)C. The third-order valence-corrected chi connectivity index (χ3v) is 4.13. The minimum Gasteiger partial charge on any atom is -0.353 e. The van der Waals surface area contributed by atoms with Crippen molar-refractivity contribution >= 4 is 18.5 Å². The molecule has 0 saturated heterocycles. The van der Waals surface area contributed by atoms with Crippen LogP contribution in [0.3, 0.4) is 0 Å². The molecule has 0 aromatic rings. The van der Waals surface area contributed by atoms with Crippen LogP contribution in [0.25, 0.3) is 0 Å². The highest BCUT2D eigenvalue weighted by atomic mass is 32.1. The lowest BCUT2D eigenvalue weighted by Gasteiger charge is -2.21. The highest BCUT2D eigenvalue weighted by Gasteiger charge is 2.18. The van der Waals surface area contributed by atoms with Crippen molar-refractivity contribution in [2.75, 3.05) is 19.6 Å². The normalized spacial score (nSPS) is 14.9. The Morgan fingerprint density at radius 1 is 1.22 bits per heavy atom. The second-order valence-electron chi connectivity index (χ2n) is 5.27. The van der Waals surface area contributed by atoms with Gasteiger partial charge in [0.15, 0.2) is 0 Å². The average Bonchev–Trinajstić information content (AvgIpc) is 2.33. The summed E-state index contributed by atoms with van der Waals surface area (Å²) in [5.74, 6) is 0.333. The zero-order valence-electron chi connectivity index (χ0n) is 12.6. The van der Waals surface area contributed by atoms with E-state index in [1.54, 1.807) is 0 Å². The Kier molecular flexibility index (Phi) is 9.56. The van der Waals surface area contributed by atoms with Crippen LogP contribution >= 0.6 is 12.6 Å². The molecule has 0 aliphatic heterocycles. The van der Waals surface area contributed by atoms with E-state index in [-0.39, 0.29) is 23.1 Å². The van der Waals surface area contributed by atoms with Crippen molar-refractivity contribution in [3.05, 3.63) is 0 Å². The summed E-state index contributed by atoms with van der Waals surface area (Å²) in [6, 6.07) is 0.237. The van der Waals surface area contributed by atoms with Gasteiger partial charge in [0.1, 0.15) is 0 Å². The summed E-state index contributed by atoms with van der Waals surface area (Å²) in [6.07, 6.45) is 2.16. The fraction of sp³-hybridized carbons (Fsp3) is 0.929. The van der Waals surface area contributed by atoms with Crippen molar-refractivity contribution in [1.29, 1.82) is 0 Å². The minimum absolute atomic E-state index is 0.0590. The van der Waals surface area contributed by atoms with E-state index < -0.39 is 0 Å². The number of carbonyl (C=O) groups is 1. The summed E-state index contributed by atoms with van der Waals surface area (Å²) in [4.78, 5) is 14.2. The molecule has 0 aliphatic carbocycles. The molecule has 18 heavy (non-hydrogen) atoms. The average molecular weight is 274 g/mol. The number of nitrogens with zero attached hydrogens (tertiary/aromatic N) is 1. The number of nitrogens with one attached hydrogen (secondary N) is 1. The maximum Gasteiger partial charge on any atom is 0.233 e. The van der Waals surface area contributed by atoms with Gasteiger partial charge in [-0.3, -0.25) is 4.79 Å². The summed E-state index contributed by atoms with van der Waals surface area (Å²) in [5, 5.41) is 2.84. The first kappa shape index (κ1) is 17.8. The maximum absolute atomic E-state index is 11.8. The Morgan fingerprint density at radius 2 is 1.78 bits per heavy atom. The molecule has 0 spiro atoms. The second-order valence-corrected chi connectivity index (χ2v) is 5.82. The lowest BCUT2D eigenvalue weighted by atomic mass is 10.1. The largest absolute Gasteiger partial charge is 0.353 e. The van der Waals surface area contributed by atoms with Crippen molar-refractivity contribution in [1.82, 2.24) is 10.2 Å². The molecule has 0 fully saturated rings. The van der Waals surface area contributed by atoms with Gasteiger partial charge < -0.3 is 10.2 Å². The van der Waals surface area contributed by atoms with E-state index >= 15 is 0 Å². The molecular weight excluding hydrogens is 244 g/mol. The number of amides is 1. The highest BCUT2D eigenvalue weighted by molar-refractivity contribution is 7.81. The van der Waals surface area contributed by atoms with Gasteiger partial charge in [-0.1, -0.05) is 27.7 Å². The van der Waals surface area contributed by atoms with Gasteiger partial charge in [0.25, 0.3) is 0 Å². The van der Waals surface area contributed by atoms with Crippen LogP contribution in [0, 0.1) is 5.92 Å². The van der Waals surface area contributed by atoms with Crippen molar-refractivity contribution in [2.45, 2.75) is 58.8 Å². The standard InChI is InChI=1S/C14H30N2OS/c1-6-16(7-2)10-8-9-12(5)15-14(17)13(18)11(3)4/h11-13,18H,6-10H2,1-5H3,(H,15,17). The Labute approximate surface area is 118 Å². The Hall–Kier alpha value is -0.220. The van der Waals surface area contributed by atoms with E-state index in [0.717, 1.165) is 32.5 Å². The minimum atomic E-state index is -0.199. The molecule has 0 bridgehead atoms. The fourth-order valence-corrected chi connectivity index (χ4v) is 1.94. The number of hydrogen-bond acceptors (Lipinski definition) is 3. The van der Waals surface area contributed by atoms with Crippen LogP contribution in [-0.2, 0) is 4.79 Å². The maximum atomic E-state index is 11.8. The lowest BCUT2D eigenvalue weighted by molar-refractivity contribution is -0.121. The molecular formula is C14H30N2OS. The monoisotopic (exact) mass is 274 g/mol. The molecule has 2 atom stereocenters. The predicted octanol–water partition coefficient (Wildman–Crippen LogP) is 2.57. The third-order valence-electron chi connectivity index (χ3n) is 3.29. The molecule has 108 valence electrons. The third kappa shape index (κ3) is 7.27. The van der Waals surface area contributed by atoms with Crippen molar-refractivity contribution in [2.24, 2.45) is 5.92 Å². The molecule has 0 heterocycles. The van der Waals surface area contributed by atoms with Gasteiger partial charge in [-0.05, 0) is 45.3 Å². The van der Waals surface area contributed by atoms with Crippen LogP contribution in [0.2, 0.25) is 0 Å². The molecule has 1 N–H and O–H groups in total. The summed E-state index contributed by atoms with van der Waals surface area (Å²) in [6.45, 7) is 13.8. The fourth-order valence-electron chi connectivity index (χ4n) is 1.86. The van der Waals surface area contributed by atoms with Gasteiger partial charge >= 0.3 is 0 Å². The summed E-state index contributed by atoms with van der Waals surface area (Å²) < 4.78 is 0. The molecule has 0 saturated carbocycles. The first-order valence-corrected chi connectivity index (χ1v) is 7.64. The summed E-state index contributed by atoms with van der Waals surface area (Å²) in [5.41, 5.74) is 0. The van der Waals surface area contributed by atoms with Crippen molar-refractivity contribution < 1.29 is 4.79 Å². The van der Waals surface area contributed by atoms with Gasteiger partial charge in [-0.15, -0.1) is 0 Å². The van der Waals surface area contributed by atoms with Crippen LogP contribution in [0.4, 0.5) is 0 Å². The number of rotatable bonds is 9. The number of thiol groups is 1. The van der Waals surface area contributed by atoms with Gasteiger partial charge in [0.05, 0.1) is 5.25 Å². The predicted molar refractivity (Wildman–Crippen MR) is 82.2 cm³/mol. The van der Waals surface area contributed by atoms with Gasteiger partial charge in [-0.25, -0.2) is 0 Å². The topological polar surface area (TPSA) is 32.3 Å². The zero-order chi connectivity index (χ0) is 14.1. The summed E-state index contributed by atoms with van der Waals surface area (Å²) >= 11 is 4.33. The zero-order valence-corrected chi connectivity index (χ0v) is 13.5. The van der Waals surface area contributed by atoms with E-state index in [4.69, 9.17) is 0 Å². The van der Waals surface area contributed by atoms with Crippen LogP contribution in [-0.4, -0.2) is 41.7 Å². The van der Waals surface area contributed by atoms with E-state index in [2.05, 4.69) is 43.6 Å². The van der Waals surface area contributed by atoms with Crippen LogP contribution < -0.4 is 5.32 Å². The van der Waals surface area contributed by atoms with Crippen molar-refractivity contribution in [3.63, 3.8) is 0 Å². The first-order valence-electron chi connectivity index (χ1n) is 7.13. The molecule has 0 aromatic carbocycles. The van der Waals surface area contributed by atoms with Crippen LogP contribution in [0.1, 0.15) is 47.5 Å². The molecule has 0 radical (unpaired) electrons. The van der Waals surface area contributed by atoms with E-state index in [1.807, 2.05) is 13.8 Å². The molecule has 4 heteroatoms. The molecule has 0 aliphatic rings. The Balaban J connectivity index is 3.83. The van der Waals surface area contributed by atoms with Crippen LogP contribution in [0.5, 0.6) is 0 Å². The van der Waals surface area contributed by atoms with Gasteiger partial charge in [0, 0.05) is 6.04 Å². The number of carbonyl (C=O) groups excluding carboxylic acids is 1. The highest BCUT2D eigenvalue weighted by Crippen LogP contribution is 2.09. The molecule has 3 nitrogen and oxygen atoms in total. The summed E-state index contributed by atoms with van der Waals surface area (Å²) in [7, 11) is 0. The van der Waals surface area contributed by atoms with Crippen LogP contribution in [0.15, 0.2) is 0 Å². The molecule has 0 rings (SSSR count). The Morgan fingerprint density at radius 3 is 2.22 bits per heavy atom. The quantitative estimate of drug-likeness (QED) is 0.633. The smallest absolute Gasteiger partial charge is 0.233 e. The van der Waals surface area contributed by atoms with Crippen molar-refractivity contribution in [3.8, 4) is 0 Å². The van der Waals surface area contributed by atoms with E-state index in [9.17, 15) is 4.79 Å². The first-order chi connectivity index (χ1) is 8.42. The van der Waals surface area contributed by atoms with E-state index in [1.165, 1.54) is 0 Å². The second kappa shape index (κ2) is 9.68. The van der Waals surface area contributed by atoms with Gasteiger partial charge in [-0.2, -0.15) is 12.6 Å². The molecule has 0 aromatic heterocycles. The Bertz CT molecular complexity index is 230. The lowest BCUT2D eigenvalue weighted by Crippen LogP contribution is -2.40.